The molecule has 192 valence electrons. The Morgan fingerprint density at radius 1 is 1.14 bits per heavy atom. The summed E-state index contributed by atoms with van der Waals surface area (Å²) in [4.78, 5) is 27.1. The molecule has 8 nitrogen and oxygen atoms in total. The number of amides is 1. The van der Waals surface area contributed by atoms with Gasteiger partial charge < -0.3 is 20.3 Å². The van der Waals surface area contributed by atoms with Gasteiger partial charge in [0, 0.05) is 49.6 Å². The van der Waals surface area contributed by atoms with Gasteiger partial charge >= 0.3 is 0 Å². The van der Waals surface area contributed by atoms with Crippen molar-refractivity contribution < 1.29 is 9.53 Å². The van der Waals surface area contributed by atoms with Crippen LogP contribution in [0.1, 0.15) is 12.5 Å². The Morgan fingerprint density at radius 2 is 1.89 bits per heavy atom. The zero-order valence-corrected chi connectivity index (χ0v) is 21.8. The van der Waals surface area contributed by atoms with Crippen molar-refractivity contribution in [2.24, 2.45) is 15.9 Å². The third-order valence-electron chi connectivity index (χ3n) is 6.82. The highest BCUT2D eigenvalue weighted by atomic mass is 35.5. The largest absolute Gasteiger partial charge is 0.494 e. The number of anilines is 1. The minimum absolute atomic E-state index is 0.137. The number of nitrogens with zero attached hydrogens (tertiary/aromatic N) is 4. The number of dihydropyridines is 1. The Kier molecular flexibility index (Phi) is 7.69. The zero-order valence-electron chi connectivity index (χ0n) is 21.1. The molecule has 1 atom stereocenters. The summed E-state index contributed by atoms with van der Waals surface area (Å²) >= 11 is 6.19. The van der Waals surface area contributed by atoms with Crippen molar-refractivity contribution in [3.05, 3.63) is 77.0 Å². The summed E-state index contributed by atoms with van der Waals surface area (Å²) in [6.07, 6.45) is 5.32. The van der Waals surface area contributed by atoms with Crippen LogP contribution >= 0.6 is 11.6 Å². The van der Waals surface area contributed by atoms with Crippen molar-refractivity contribution in [3.8, 4) is 5.75 Å². The molecule has 3 heterocycles. The fourth-order valence-corrected chi connectivity index (χ4v) is 4.89. The van der Waals surface area contributed by atoms with E-state index >= 15 is 0 Å². The van der Waals surface area contributed by atoms with Crippen LogP contribution in [0.5, 0.6) is 5.75 Å². The first-order chi connectivity index (χ1) is 18.0. The van der Waals surface area contributed by atoms with Crippen molar-refractivity contribution in [1.29, 1.82) is 0 Å². The number of piperazine rings is 1. The van der Waals surface area contributed by atoms with E-state index in [9.17, 15) is 4.79 Å². The Hall–Kier alpha value is -3.46. The maximum Gasteiger partial charge on any atom is 0.239 e. The number of hydrogen-bond acceptors (Lipinski definition) is 6. The van der Waals surface area contributed by atoms with Gasteiger partial charge in [0.15, 0.2) is 5.84 Å². The van der Waals surface area contributed by atoms with Crippen LogP contribution in [0.2, 0.25) is 5.02 Å². The van der Waals surface area contributed by atoms with Gasteiger partial charge in [-0.3, -0.25) is 9.69 Å². The van der Waals surface area contributed by atoms with E-state index in [4.69, 9.17) is 21.3 Å². The van der Waals surface area contributed by atoms with E-state index in [-0.39, 0.29) is 5.91 Å². The van der Waals surface area contributed by atoms with Crippen LogP contribution in [0, 0.1) is 5.92 Å². The standard InChI is InChI=1S/C28H31ClN6O2/c1-3-34-12-14-35(15-13-34)18-19-4-7-22(8-5-19)31-27-26-20(10-11-30-28(26)36)16-25(33-27)32-23-17-21(29)6-9-24(23)37-2/h4-11,16-17,26H,3,12-15,18H2,1-2H3,(H,30,36)(H,31,32,33). The molecule has 0 saturated carbocycles. The Bertz CT molecular complexity index is 1280. The first-order valence-corrected chi connectivity index (χ1v) is 12.9. The number of benzene rings is 2. The van der Waals surface area contributed by atoms with E-state index in [1.165, 1.54) is 5.56 Å². The molecular formula is C28H31ClN6O2. The van der Waals surface area contributed by atoms with Crippen LogP contribution in [0.25, 0.3) is 0 Å². The molecule has 37 heavy (non-hydrogen) atoms. The summed E-state index contributed by atoms with van der Waals surface area (Å²) < 4.78 is 5.43. The second-order valence-electron chi connectivity index (χ2n) is 9.23. The number of allylic oxidation sites excluding steroid dienone is 1. The Morgan fingerprint density at radius 3 is 2.62 bits per heavy atom. The molecule has 2 aromatic rings. The number of likely N-dealkylation sites (N-methyl/N-ethyl adjacent to an activating group) is 1. The quantitative estimate of drug-likeness (QED) is 0.598. The van der Waals surface area contributed by atoms with E-state index in [0.717, 1.165) is 50.5 Å². The maximum absolute atomic E-state index is 12.7. The SMILES string of the molecule is CCN1CCN(Cc2ccc(NC3=NC(=Nc4cc(Cl)ccc4OC)C=C4C=CNC(=O)C43)cc2)CC1. The van der Waals surface area contributed by atoms with Crippen LogP contribution < -0.4 is 15.4 Å². The van der Waals surface area contributed by atoms with Gasteiger partial charge in [0.05, 0.1) is 7.11 Å². The van der Waals surface area contributed by atoms with Crippen LogP contribution in [0.4, 0.5) is 11.4 Å². The fourth-order valence-electron chi connectivity index (χ4n) is 4.73. The molecule has 1 amide bonds. The van der Waals surface area contributed by atoms with Gasteiger partial charge in [-0.1, -0.05) is 30.7 Å². The summed E-state index contributed by atoms with van der Waals surface area (Å²) in [6, 6.07) is 13.6. The number of methoxy groups -OCH3 is 1. The normalized spacial score (nSPS) is 21.2. The zero-order chi connectivity index (χ0) is 25.8. The van der Waals surface area contributed by atoms with E-state index in [2.05, 4.69) is 44.5 Å². The van der Waals surface area contributed by atoms with E-state index < -0.39 is 5.92 Å². The van der Waals surface area contributed by atoms with E-state index in [1.807, 2.05) is 24.3 Å². The average Bonchev–Trinajstić information content (AvgIpc) is 2.90. The molecule has 0 aliphatic carbocycles. The second-order valence-corrected chi connectivity index (χ2v) is 9.67. The molecule has 2 aromatic carbocycles. The number of hydrogen-bond donors (Lipinski definition) is 2. The lowest BCUT2D eigenvalue weighted by molar-refractivity contribution is -0.121. The molecule has 1 saturated heterocycles. The number of halogens is 1. The lowest BCUT2D eigenvalue weighted by Crippen LogP contribution is -2.45. The van der Waals surface area contributed by atoms with Crippen LogP contribution in [-0.4, -0.2) is 67.2 Å². The van der Waals surface area contributed by atoms with Crippen molar-refractivity contribution >= 4 is 40.6 Å². The molecule has 0 radical (unpaired) electrons. The fraction of sp³-hybridized carbons (Fsp3) is 0.321. The summed E-state index contributed by atoms with van der Waals surface area (Å²) in [5.74, 6) is 0.881. The molecule has 9 heteroatoms. The first-order valence-electron chi connectivity index (χ1n) is 12.5. The first kappa shape index (κ1) is 25.2. The summed E-state index contributed by atoms with van der Waals surface area (Å²) in [5, 5.41) is 6.70. The molecular weight excluding hydrogens is 488 g/mol. The molecule has 1 unspecified atom stereocenters. The number of aliphatic imine (C=N–C) groups is 2. The van der Waals surface area contributed by atoms with Gasteiger partial charge in [-0.05, 0) is 60.2 Å². The van der Waals surface area contributed by atoms with Gasteiger partial charge in [0.25, 0.3) is 0 Å². The van der Waals surface area contributed by atoms with Crippen LogP contribution in [0.15, 0.2) is 76.4 Å². The van der Waals surface area contributed by atoms with Gasteiger partial charge in [-0.2, -0.15) is 0 Å². The minimum atomic E-state index is -0.542. The number of carbonyl (C=O) groups excluding carboxylic acids is 1. The third kappa shape index (κ3) is 5.93. The summed E-state index contributed by atoms with van der Waals surface area (Å²) in [5.41, 5.74) is 3.50. The van der Waals surface area contributed by atoms with Gasteiger partial charge in [0.1, 0.15) is 23.2 Å². The second kappa shape index (κ2) is 11.3. The number of fused-ring (bicyclic) bond motifs is 1. The molecule has 0 spiro atoms. The predicted octanol–water partition coefficient (Wildman–Crippen LogP) is 4.23. The highest BCUT2D eigenvalue weighted by Gasteiger charge is 2.33. The minimum Gasteiger partial charge on any atom is -0.494 e. The van der Waals surface area contributed by atoms with Gasteiger partial charge in [0.2, 0.25) is 5.91 Å². The topological polar surface area (TPSA) is 81.6 Å². The molecule has 1 fully saturated rings. The molecule has 5 rings (SSSR count). The smallest absolute Gasteiger partial charge is 0.239 e. The lowest BCUT2D eigenvalue weighted by Gasteiger charge is -2.34. The molecule has 0 bridgehead atoms. The summed E-state index contributed by atoms with van der Waals surface area (Å²) in [6.45, 7) is 8.67. The number of rotatable bonds is 6. The highest BCUT2D eigenvalue weighted by Crippen LogP contribution is 2.32. The molecule has 3 aliphatic heterocycles. The van der Waals surface area contributed by atoms with Crippen molar-refractivity contribution in [2.45, 2.75) is 13.5 Å². The van der Waals surface area contributed by atoms with E-state index in [1.54, 1.807) is 31.5 Å². The molecule has 3 aliphatic rings. The number of amidine groups is 2. The Labute approximate surface area is 222 Å². The predicted molar refractivity (Wildman–Crippen MR) is 149 cm³/mol. The van der Waals surface area contributed by atoms with Crippen molar-refractivity contribution in [3.63, 3.8) is 0 Å². The number of ether oxygens (including phenoxy) is 1. The molecule has 2 N–H and O–H groups in total. The monoisotopic (exact) mass is 518 g/mol. The lowest BCUT2D eigenvalue weighted by atomic mass is 9.91. The maximum atomic E-state index is 12.7. The van der Waals surface area contributed by atoms with Crippen molar-refractivity contribution in [1.82, 2.24) is 15.1 Å². The van der Waals surface area contributed by atoms with Crippen LogP contribution in [0.3, 0.4) is 0 Å². The number of carbonyl (C=O) groups is 1. The average molecular weight is 519 g/mol. The van der Waals surface area contributed by atoms with E-state index in [0.29, 0.717) is 28.1 Å². The highest BCUT2D eigenvalue weighted by molar-refractivity contribution is 6.31. The Balaban J connectivity index is 1.36. The summed E-state index contributed by atoms with van der Waals surface area (Å²) in [7, 11) is 1.58. The third-order valence-corrected chi connectivity index (χ3v) is 7.06. The van der Waals surface area contributed by atoms with Crippen LogP contribution in [-0.2, 0) is 11.3 Å². The molecule has 0 aromatic heterocycles. The number of nitrogens with one attached hydrogen (secondary N) is 2. The van der Waals surface area contributed by atoms with Gasteiger partial charge in [-0.15, -0.1) is 0 Å². The van der Waals surface area contributed by atoms with Gasteiger partial charge in [-0.25, -0.2) is 9.98 Å². The van der Waals surface area contributed by atoms with Crippen molar-refractivity contribution in [2.75, 3.05) is 45.2 Å².